The number of benzene rings is 1. The molecular formula is C13H22ClN3O2S. The molecule has 3 N–H and O–H groups in total. The van der Waals surface area contributed by atoms with Gasteiger partial charge in [-0.05, 0) is 37.7 Å². The topological polar surface area (TPSA) is 75.4 Å². The Labute approximate surface area is 126 Å². The van der Waals surface area contributed by atoms with Gasteiger partial charge in [-0.3, -0.25) is 0 Å². The normalized spacial score (nSPS) is 12.0. The van der Waals surface area contributed by atoms with Crippen molar-refractivity contribution in [3.63, 3.8) is 0 Å². The van der Waals surface area contributed by atoms with Crippen LogP contribution in [-0.2, 0) is 10.0 Å². The Kier molecular flexibility index (Phi) is 6.75. The second-order valence-electron chi connectivity index (χ2n) is 4.52. The van der Waals surface area contributed by atoms with E-state index in [1.807, 2.05) is 0 Å². The molecule has 20 heavy (non-hydrogen) atoms. The first kappa shape index (κ1) is 17.2. The largest absolute Gasteiger partial charge is 0.399 e. The van der Waals surface area contributed by atoms with Crippen LogP contribution in [0.5, 0.6) is 0 Å². The van der Waals surface area contributed by atoms with Gasteiger partial charge in [-0.2, -0.15) is 0 Å². The molecule has 0 radical (unpaired) electrons. The third kappa shape index (κ3) is 4.94. The molecule has 0 aliphatic heterocycles. The van der Waals surface area contributed by atoms with E-state index in [1.165, 1.54) is 18.2 Å². The van der Waals surface area contributed by atoms with Gasteiger partial charge in [0.2, 0.25) is 10.0 Å². The van der Waals surface area contributed by atoms with Gasteiger partial charge in [-0.15, -0.1) is 0 Å². The van der Waals surface area contributed by atoms with Gasteiger partial charge in [0.05, 0.1) is 5.02 Å². The molecule has 1 aromatic rings. The van der Waals surface area contributed by atoms with Gasteiger partial charge in [-0.1, -0.05) is 25.4 Å². The maximum atomic E-state index is 12.1. The molecule has 0 atom stereocenters. The average Bonchev–Trinajstić information content (AvgIpc) is 2.37. The van der Waals surface area contributed by atoms with E-state index in [4.69, 9.17) is 17.3 Å². The number of anilines is 1. The van der Waals surface area contributed by atoms with Gasteiger partial charge in [0.1, 0.15) is 4.90 Å². The van der Waals surface area contributed by atoms with Crippen LogP contribution in [0.1, 0.15) is 20.3 Å². The van der Waals surface area contributed by atoms with Crippen LogP contribution in [0.15, 0.2) is 23.1 Å². The summed E-state index contributed by atoms with van der Waals surface area (Å²) in [5.41, 5.74) is 5.99. The minimum atomic E-state index is -3.59. The first-order valence-electron chi connectivity index (χ1n) is 6.67. The summed E-state index contributed by atoms with van der Waals surface area (Å²) in [6.07, 6.45) is 1.05. The maximum Gasteiger partial charge on any atom is 0.242 e. The quantitative estimate of drug-likeness (QED) is 0.718. The Morgan fingerprint density at radius 1 is 1.30 bits per heavy atom. The van der Waals surface area contributed by atoms with Crippen molar-refractivity contribution in [2.75, 3.05) is 31.9 Å². The SMILES string of the molecule is CCCN(CC)CCNS(=O)(=O)c1ccc(N)cc1Cl. The van der Waals surface area contributed by atoms with Crippen LogP contribution in [0.2, 0.25) is 5.02 Å². The number of hydrogen-bond acceptors (Lipinski definition) is 4. The van der Waals surface area contributed by atoms with E-state index in [9.17, 15) is 8.42 Å². The molecule has 0 unspecified atom stereocenters. The molecular weight excluding hydrogens is 298 g/mol. The molecule has 1 aromatic carbocycles. The summed E-state index contributed by atoms with van der Waals surface area (Å²) in [7, 11) is -3.59. The lowest BCUT2D eigenvalue weighted by Crippen LogP contribution is -2.35. The standard InChI is InChI=1S/C13H22ClN3O2S/c1-3-8-17(4-2)9-7-16-20(18,19)13-6-5-11(15)10-12(13)14/h5-6,10,16H,3-4,7-9,15H2,1-2H3. The number of likely N-dealkylation sites (N-methyl/N-ethyl adjacent to an activating group) is 1. The minimum absolute atomic E-state index is 0.0620. The summed E-state index contributed by atoms with van der Waals surface area (Å²) >= 11 is 5.92. The molecule has 1 rings (SSSR count). The second kappa shape index (κ2) is 7.83. The first-order valence-corrected chi connectivity index (χ1v) is 8.53. The fourth-order valence-corrected chi connectivity index (χ4v) is 3.47. The molecule has 5 nitrogen and oxygen atoms in total. The van der Waals surface area contributed by atoms with Crippen molar-refractivity contribution in [2.45, 2.75) is 25.2 Å². The third-order valence-electron chi connectivity index (χ3n) is 2.95. The number of hydrogen-bond donors (Lipinski definition) is 2. The van der Waals surface area contributed by atoms with Crippen molar-refractivity contribution in [1.29, 1.82) is 0 Å². The van der Waals surface area contributed by atoms with Gasteiger partial charge in [-0.25, -0.2) is 13.1 Å². The third-order valence-corrected chi connectivity index (χ3v) is 4.90. The molecule has 0 amide bonds. The summed E-state index contributed by atoms with van der Waals surface area (Å²) in [5, 5.41) is 0.137. The van der Waals surface area contributed by atoms with E-state index in [0.717, 1.165) is 19.5 Å². The molecule has 0 saturated heterocycles. The predicted octanol–water partition coefficient (Wildman–Crippen LogP) is 1.93. The smallest absolute Gasteiger partial charge is 0.242 e. The van der Waals surface area contributed by atoms with Crippen LogP contribution >= 0.6 is 11.6 Å². The number of nitrogen functional groups attached to an aromatic ring is 1. The highest BCUT2D eigenvalue weighted by atomic mass is 35.5. The highest BCUT2D eigenvalue weighted by Crippen LogP contribution is 2.23. The molecule has 0 heterocycles. The maximum absolute atomic E-state index is 12.1. The predicted molar refractivity (Wildman–Crippen MR) is 83.5 cm³/mol. The van der Waals surface area contributed by atoms with Gasteiger partial charge >= 0.3 is 0 Å². The summed E-state index contributed by atoms with van der Waals surface area (Å²) in [4.78, 5) is 2.25. The number of nitrogens with two attached hydrogens (primary N) is 1. The molecule has 0 fully saturated rings. The van der Waals surface area contributed by atoms with Crippen LogP contribution in [-0.4, -0.2) is 39.5 Å². The lowest BCUT2D eigenvalue weighted by atomic mass is 10.3. The zero-order valence-corrected chi connectivity index (χ0v) is 13.5. The van der Waals surface area contributed by atoms with E-state index in [0.29, 0.717) is 18.8 Å². The van der Waals surface area contributed by atoms with Crippen molar-refractivity contribution < 1.29 is 8.42 Å². The highest BCUT2D eigenvalue weighted by molar-refractivity contribution is 7.89. The Morgan fingerprint density at radius 2 is 2.00 bits per heavy atom. The molecule has 0 bridgehead atoms. The van der Waals surface area contributed by atoms with Gasteiger partial charge in [0.15, 0.2) is 0 Å². The molecule has 0 aromatic heterocycles. The fraction of sp³-hybridized carbons (Fsp3) is 0.538. The number of halogens is 1. The molecule has 114 valence electrons. The highest BCUT2D eigenvalue weighted by Gasteiger charge is 2.17. The van der Waals surface area contributed by atoms with Gasteiger partial charge in [0, 0.05) is 18.8 Å². The monoisotopic (exact) mass is 319 g/mol. The van der Waals surface area contributed by atoms with Gasteiger partial charge in [0.25, 0.3) is 0 Å². The Balaban J connectivity index is 2.66. The lowest BCUT2D eigenvalue weighted by Gasteiger charge is -2.19. The van der Waals surface area contributed by atoms with E-state index >= 15 is 0 Å². The number of sulfonamides is 1. The van der Waals surface area contributed by atoms with Crippen LogP contribution in [0.3, 0.4) is 0 Å². The number of rotatable bonds is 8. The van der Waals surface area contributed by atoms with E-state index in [2.05, 4.69) is 23.5 Å². The van der Waals surface area contributed by atoms with Crippen molar-refractivity contribution in [2.24, 2.45) is 0 Å². The zero-order chi connectivity index (χ0) is 15.2. The molecule has 7 heteroatoms. The van der Waals surface area contributed by atoms with Crippen molar-refractivity contribution in [3.05, 3.63) is 23.2 Å². The fourth-order valence-electron chi connectivity index (χ4n) is 1.90. The molecule has 0 aliphatic rings. The van der Waals surface area contributed by atoms with Crippen LogP contribution < -0.4 is 10.5 Å². The van der Waals surface area contributed by atoms with Crippen LogP contribution in [0, 0.1) is 0 Å². The summed E-state index contributed by atoms with van der Waals surface area (Å²) in [6.45, 7) is 7.05. The second-order valence-corrected chi connectivity index (χ2v) is 6.66. The zero-order valence-electron chi connectivity index (χ0n) is 11.9. The Hall–Kier alpha value is -0.820. The number of nitrogens with one attached hydrogen (secondary N) is 1. The first-order chi connectivity index (χ1) is 9.40. The van der Waals surface area contributed by atoms with E-state index in [-0.39, 0.29) is 9.92 Å². The van der Waals surface area contributed by atoms with Gasteiger partial charge < -0.3 is 10.6 Å². The van der Waals surface area contributed by atoms with Crippen LogP contribution in [0.25, 0.3) is 0 Å². The van der Waals surface area contributed by atoms with E-state index < -0.39 is 10.0 Å². The molecule has 0 saturated carbocycles. The number of nitrogens with zero attached hydrogens (tertiary/aromatic N) is 1. The Bertz CT molecular complexity index is 534. The van der Waals surface area contributed by atoms with E-state index in [1.54, 1.807) is 0 Å². The minimum Gasteiger partial charge on any atom is -0.399 e. The average molecular weight is 320 g/mol. The van der Waals surface area contributed by atoms with Crippen molar-refractivity contribution in [1.82, 2.24) is 9.62 Å². The lowest BCUT2D eigenvalue weighted by molar-refractivity contribution is 0.293. The molecule has 0 spiro atoms. The summed E-state index contributed by atoms with van der Waals surface area (Å²) in [6, 6.07) is 4.38. The Morgan fingerprint density at radius 3 is 2.55 bits per heavy atom. The van der Waals surface area contributed by atoms with Crippen molar-refractivity contribution >= 4 is 27.3 Å². The molecule has 0 aliphatic carbocycles. The summed E-state index contributed by atoms with van der Waals surface area (Å²) in [5.74, 6) is 0. The summed E-state index contributed by atoms with van der Waals surface area (Å²) < 4.78 is 26.8. The van der Waals surface area contributed by atoms with Crippen molar-refractivity contribution in [3.8, 4) is 0 Å². The van der Waals surface area contributed by atoms with Crippen LogP contribution in [0.4, 0.5) is 5.69 Å².